The average Bonchev–Trinajstić information content (AvgIpc) is 3.27. The lowest BCUT2D eigenvalue weighted by molar-refractivity contribution is 0.0796. The molecule has 0 fully saturated rings. The topological polar surface area (TPSA) is 83.4 Å². The van der Waals surface area contributed by atoms with Crippen molar-refractivity contribution in [1.29, 1.82) is 0 Å². The van der Waals surface area contributed by atoms with Gasteiger partial charge in [0.05, 0.1) is 19.5 Å². The van der Waals surface area contributed by atoms with E-state index in [4.69, 9.17) is 18.4 Å². The van der Waals surface area contributed by atoms with E-state index in [1.165, 1.54) is 12.3 Å². The molecule has 0 saturated heterocycles. The number of hydrogen-bond donors (Lipinski definition) is 0. The van der Waals surface area contributed by atoms with E-state index < -0.39 is 13.0 Å². The summed E-state index contributed by atoms with van der Waals surface area (Å²) in [7, 11) is 0. The number of fused-ring (bicyclic) bond motifs is 1. The van der Waals surface area contributed by atoms with E-state index in [0.717, 1.165) is 17.5 Å². The van der Waals surface area contributed by atoms with Gasteiger partial charge in [-0.25, -0.2) is 13.8 Å². The highest BCUT2D eigenvalue weighted by Gasteiger charge is 2.23. The van der Waals surface area contributed by atoms with Crippen molar-refractivity contribution in [3.05, 3.63) is 35.7 Å². The Morgan fingerprint density at radius 3 is 3.00 bits per heavy atom. The quantitative estimate of drug-likeness (QED) is 0.700. The highest BCUT2D eigenvalue weighted by atomic mass is 19.3. The lowest BCUT2D eigenvalue weighted by atomic mass is 10.1. The SMILES string of the molecule is FC(F)COc1ccc(-c2noc(-c3occ4c3CCOC4)n2)cn1. The molecule has 0 unspecified atom stereocenters. The molecule has 0 spiro atoms. The summed E-state index contributed by atoms with van der Waals surface area (Å²) >= 11 is 0. The van der Waals surface area contributed by atoms with E-state index in [2.05, 4.69) is 15.1 Å². The fourth-order valence-electron chi connectivity index (χ4n) is 2.53. The van der Waals surface area contributed by atoms with Crippen molar-refractivity contribution in [2.75, 3.05) is 13.2 Å². The molecule has 25 heavy (non-hydrogen) atoms. The van der Waals surface area contributed by atoms with Crippen LogP contribution in [-0.2, 0) is 17.8 Å². The lowest BCUT2D eigenvalue weighted by Crippen LogP contribution is -2.08. The minimum absolute atomic E-state index is 0.105. The van der Waals surface area contributed by atoms with Gasteiger partial charge < -0.3 is 18.4 Å². The van der Waals surface area contributed by atoms with Crippen LogP contribution < -0.4 is 4.74 Å². The molecule has 0 amide bonds. The molecule has 0 radical (unpaired) electrons. The largest absolute Gasteiger partial charge is 0.472 e. The minimum atomic E-state index is -2.55. The normalized spacial score (nSPS) is 13.9. The van der Waals surface area contributed by atoms with Crippen molar-refractivity contribution in [2.45, 2.75) is 19.5 Å². The van der Waals surface area contributed by atoms with E-state index in [1.54, 1.807) is 12.3 Å². The van der Waals surface area contributed by atoms with Crippen LogP contribution in [0.25, 0.3) is 23.0 Å². The summed E-state index contributed by atoms with van der Waals surface area (Å²) < 4.78 is 45.3. The number of rotatable bonds is 5. The molecule has 0 aliphatic carbocycles. The monoisotopic (exact) mass is 349 g/mol. The summed E-state index contributed by atoms with van der Waals surface area (Å²) in [6.45, 7) is 0.417. The highest BCUT2D eigenvalue weighted by Crippen LogP contribution is 2.31. The standard InChI is InChI=1S/C16H13F2N3O4/c17-12(18)8-23-13-2-1-9(5-19-13)15-20-16(25-21-15)14-11-3-4-22-6-10(11)7-24-14/h1-2,5,7,12H,3-4,6,8H2. The Hall–Kier alpha value is -2.81. The number of halogens is 2. The Balaban J connectivity index is 1.54. The molecule has 1 aliphatic heterocycles. The van der Waals surface area contributed by atoms with Crippen molar-refractivity contribution < 1.29 is 27.2 Å². The van der Waals surface area contributed by atoms with Crippen LogP contribution in [0.5, 0.6) is 5.88 Å². The zero-order chi connectivity index (χ0) is 17.2. The first-order chi connectivity index (χ1) is 12.2. The molecule has 7 nitrogen and oxygen atoms in total. The predicted molar refractivity (Wildman–Crippen MR) is 80.1 cm³/mol. The van der Waals surface area contributed by atoms with Crippen molar-refractivity contribution in [1.82, 2.24) is 15.1 Å². The summed E-state index contributed by atoms with van der Waals surface area (Å²) in [5.41, 5.74) is 2.56. The molecule has 0 saturated carbocycles. The Morgan fingerprint density at radius 2 is 2.20 bits per heavy atom. The minimum Gasteiger partial charge on any atom is -0.472 e. The van der Waals surface area contributed by atoms with Gasteiger partial charge in [0, 0.05) is 35.4 Å². The van der Waals surface area contributed by atoms with Crippen LogP contribution in [0, 0.1) is 0 Å². The predicted octanol–water partition coefficient (Wildman–Crippen LogP) is 3.11. The first-order valence-electron chi connectivity index (χ1n) is 7.59. The first-order valence-corrected chi connectivity index (χ1v) is 7.59. The molecule has 1 aliphatic rings. The summed E-state index contributed by atoms with van der Waals surface area (Å²) in [5, 5.41) is 3.92. The summed E-state index contributed by atoms with van der Waals surface area (Å²) in [5.74, 6) is 1.24. The number of nitrogens with zero attached hydrogens (tertiary/aromatic N) is 3. The van der Waals surface area contributed by atoms with Gasteiger partial charge in [-0.15, -0.1) is 0 Å². The van der Waals surface area contributed by atoms with Gasteiger partial charge in [0.15, 0.2) is 12.4 Å². The van der Waals surface area contributed by atoms with E-state index >= 15 is 0 Å². The van der Waals surface area contributed by atoms with Gasteiger partial charge in [0.2, 0.25) is 11.7 Å². The smallest absolute Gasteiger partial charge is 0.294 e. The Kier molecular flexibility index (Phi) is 4.14. The molecule has 0 bridgehead atoms. The van der Waals surface area contributed by atoms with Gasteiger partial charge in [0.25, 0.3) is 12.3 Å². The maximum absolute atomic E-state index is 12.1. The lowest BCUT2D eigenvalue weighted by Gasteiger charge is -2.10. The van der Waals surface area contributed by atoms with Gasteiger partial charge in [-0.2, -0.15) is 4.98 Å². The fraction of sp³-hybridized carbons (Fsp3) is 0.312. The number of pyridine rings is 1. The van der Waals surface area contributed by atoms with Gasteiger partial charge in [0.1, 0.15) is 0 Å². The zero-order valence-electron chi connectivity index (χ0n) is 12.9. The molecule has 3 aromatic rings. The molecule has 4 rings (SSSR count). The first kappa shape index (κ1) is 15.7. The molecule has 0 N–H and O–H groups in total. The molecular formula is C16H13F2N3O4. The molecule has 4 heterocycles. The molecule has 3 aromatic heterocycles. The zero-order valence-corrected chi connectivity index (χ0v) is 12.9. The van der Waals surface area contributed by atoms with Crippen LogP contribution in [0.15, 0.2) is 33.5 Å². The van der Waals surface area contributed by atoms with Crippen LogP contribution in [0.1, 0.15) is 11.1 Å². The molecule has 0 atom stereocenters. The Labute approximate surface area is 140 Å². The summed E-state index contributed by atoms with van der Waals surface area (Å²) in [6, 6.07) is 3.09. The number of alkyl halides is 2. The van der Waals surface area contributed by atoms with Crippen LogP contribution in [0.4, 0.5) is 8.78 Å². The van der Waals surface area contributed by atoms with E-state index in [1.807, 2.05) is 0 Å². The van der Waals surface area contributed by atoms with Crippen molar-refractivity contribution in [3.63, 3.8) is 0 Å². The van der Waals surface area contributed by atoms with Crippen LogP contribution >= 0.6 is 0 Å². The Morgan fingerprint density at radius 1 is 1.28 bits per heavy atom. The third kappa shape index (κ3) is 3.22. The third-order valence-corrected chi connectivity index (χ3v) is 3.71. The van der Waals surface area contributed by atoms with Crippen LogP contribution in [0.2, 0.25) is 0 Å². The molecule has 0 aromatic carbocycles. The van der Waals surface area contributed by atoms with Crippen LogP contribution in [-0.4, -0.2) is 34.8 Å². The molecule has 9 heteroatoms. The van der Waals surface area contributed by atoms with Gasteiger partial charge in [-0.1, -0.05) is 5.16 Å². The van der Waals surface area contributed by atoms with Crippen LogP contribution in [0.3, 0.4) is 0 Å². The number of ether oxygens (including phenoxy) is 2. The third-order valence-electron chi connectivity index (χ3n) is 3.71. The molecule has 130 valence electrons. The fourth-order valence-corrected chi connectivity index (χ4v) is 2.53. The summed E-state index contributed by atoms with van der Waals surface area (Å²) in [6.07, 6.45) is 1.23. The highest BCUT2D eigenvalue weighted by molar-refractivity contribution is 5.59. The number of furan rings is 1. The maximum Gasteiger partial charge on any atom is 0.294 e. The van der Waals surface area contributed by atoms with Gasteiger partial charge in [-0.05, 0) is 6.07 Å². The average molecular weight is 349 g/mol. The molecular weight excluding hydrogens is 336 g/mol. The second-order valence-corrected chi connectivity index (χ2v) is 5.38. The second-order valence-electron chi connectivity index (χ2n) is 5.38. The summed E-state index contributed by atoms with van der Waals surface area (Å²) in [4.78, 5) is 8.27. The maximum atomic E-state index is 12.1. The number of hydrogen-bond acceptors (Lipinski definition) is 7. The number of aromatic nitrogens is 3. The van der Waals surface area contributed by atoms with E-state index in [-0.39, 0.29) is 11.8 Å². The van der Waals surface area contributed by atoms with Gasteiger partial charge in [-0.3, -0.25) is 0 Å². The van der Waals surface area contributed by atoms with E-state index in [9.17, 15) is 8.78 Å². The second kappa shape index (κ2) is 6.60. The van der Waals surface area contributed by atoms with Crippen molar-refractivity contribution >= 4 is 0 Å². The van der Waals surface area contributed by atoms with Crippen molar-refractivity contribution in [2.24, 2.45) is 0 Å². The Bertz CT molecular complexity index is 861. The van der Waals surface area contributed by atoms with E-state index in [0.29, 0.717) is 30.4 Å². The van der Waals surface area contributed by atoms with Gasteiger partial charge >= 0.3 is 0 Å². The van der Waals surface area contributed by atoms with Crippen molar-refractivity contribution in [3.8, 4) is 28.9 Å².